The van der Waals surface area contributed by atoms with Crippen LogP contribution in [0.1, 0.15) is 0 Å². The Morgan fingerprint density at radius 1 is 1.04 bits per heavy atom. The van der Waals surface area contributed by atoms with Crippen LogP contribution in [-0.2, 0) is 36.6 Å². The molecule has 0 spiro atoms. The number of hydrogen-bond donors (Lipinski definition) is 2. The Labute approximate surface area is 184 Å². The predicted molar refractivity (Wildman–Crippen MR) is 58.0 cm³/mol. The van der Waals surface area contributed by atoms with Gasteiger partial charge in [-0.05, 0) is 0 Å². The molecule has 1 fully saturated rings. The average Bonchev–Trinajstić information content (AvgIpc) is 2.50. The first-order chi connectivity index (χ1) is 10.2. The molecule has 23 heavy (non-hydrogen) atoms. The number of ether oxygens (including phenoxy) is 2. The van der Waals surface area contributed by atoms with Gasteiger partial charge in [-0.15, -0.1) is 8.67 Å². The summed E-state index contributed by atoms with van der Waals surface area (Å²) < 4.78 is 28.0. The minimum Gasteiger partial charge on any atom is -0.691 e. The van der Waals surface area contributed by atoms with Gasteiger partial charge in [-0.25, -0.2) is 0 Å². The molecule has 0 aliphatic carbocycles. The van der Waals surface area contributed by atoms with Crippen molar-refractivity contribution in [1.29, 1.82) is 0 Å². The van der Waals surface area contributed by atoms with Crippen LogP contribution in [0.15, 0.2) is 0 Å². The minimum atomic E-state index is -1.37. The fourth-order valence-electron chi connectivity index (χ4n) is 1.59. The zero-order valence-corrected chi connectivity index (χ0v) is 18.0. The standard InChI is InChI=1S/C7H14O12S2.2Na/c1-12-7-6(15-21-19-17-11)5(14-20-18-16-10)4(9)3(2-8)13-7;;/h3-11H,2H2,1H3;;/q;2*+1/p-2. The molecule has 1 rings (SSSR count). The largest absolute Gasteiger partial charge is 1.00 e. The maximum absolute atomic E-state index is 9.99. The third kappa shape index (κ3) is 9.12. The summed E-state index contributed by atoms with van der Waals surface area (Å²) in [7, 11) is 1.27. The summed E-state index contributed by atoms with van der Waals surface area (Å²) >= 11 is 0.262. The molecule has 5 unspecified atom stereocenters. The quantitative estimate of drug-likeness (QED) is 0.117. The summed E-state index contributed by atoms with van der Waals surface area (Å²) in [4.78, 5) is 0. The van der Waals surface area contributed by atoms with E-state index >= 15 is 0 Å². The third-order valence-corrected chi connectivity index (χ3v) is 3.27. The summed E-state index contributed by atoms with van der Waals surface area (Å²) in [6.45, 7) is -0.537. The van der Waals surface area contributed by atoms with Crippen molar-refractivity contribution in [1.82, 2.24) is 0 Å². The fraction of sp³-hybridized carbons (Fsp3) is 1.00. The van der Waals surface area contributed by atoms with Gasteiger partial charge in [0.15, 0.2) is 37.0 Å². The van der Waals surface area contributed by atoms with Crippen LogP contribution in [0.5, 0.6) is 0 Å². The molecular weight excluding hydrogens is 386 g/mol. The molecule has 0 radical (unpaired) electrons. The van der Waals surface area contributed by atoms with E-state index in [1.165, 1.54) is 7.11 Å². The number of methoxy groups -OCH3 is 1. The van der Waals surface area contributed by atoms with Gasteiger partial charge in [0.25, 0.3) is 0 Å². The van der Waals surface area contributed by atoms with Crippen LogP contribution in [0, 0.1) is 0 Å². The molecule has 2 N–H and O–H groups in total. The fourth-order valence-corrected chi connectivity index (χ4v) is 2.30. The van der Waals surface area contributed by atoms with Gasteiger partial charge >= 0.3 is 59.1 Å². The molecule has 12 nitrogen and oxygen atoms in total. The Hall–Kier alpha value is 2.22. The number of rotatable bonds is 10. The first-order valence-electron chi connectivity index (χ1n) is 5.24. The molecule has 126 valence electrons. The van der Waals surface area contributed by atoms with E-state index in [1.54, 1.807) is 0 Å². The van der Waals surface area contributed by atoms with Gasteiger partial charge in [0.2, 0.25) is 0 Å². The molecular formula is C7H12Na2O12S2. The van der Waals surface area contributed by atoms with E-state index in [9.17, 15) is 15.6 Å². The summed E-state index contributed by atoms with van der Waals surface area (Å²) in [5.41, 5.74) is 0. The Morgan fingerprint density at radius 3 is 2.00 bits per heavy atom. The summed E-state index contributed by atoms with van der Waals surface area (Å²) in [6, 6.07) is 0. The van der Waals surface area contributed by atoms with Gasteiger partial charge in [-0.3, -0.25) is 18.4 Å². The van der Waals surface area contributed by atoms with Crippen LogP contribution in [0.4, 0.5) is 0 Å². The van der Waals surface area contributed by atoms with Crippen LogP contribution in [0.2, 0.25) is 0 Å². The minimum absolute atomic E-state index is 0. The smallest absolute Gasteiger partial charge is 0.691 e. The zero-order valence-electron chi connectivity index (χ0n) is 12.4. The predicted octanol–water partition coefficient (Wildman–Crippen LogP) is -8.94. The van der Waals surface area contributed by atoms with Crippen LogP contribution >= 0.6 is 24.6 Å². The Bertz CT molecular complexity index is 282. The van der Waals surface area contributed by atoms with Gasteiger partial charge in [-0.1, -0.05) is 0 Å². The van der Waals surface area contributed by atoms with Crippen LogP contribution in [-0.4, -0.2) is 54.6 Å². The van der Waals surface area contributed by atoms with Gasteiger partial charge in [0.05, 0.1) is 6.61 Å². The van der Waals surface area contributed by atoms with Crippen molar-refractivity contribution in [3.8, 4) is 0 Å². The number of hydrogen-bond acceptors (Lipinski definition) is 14. The monoisotopic (exact) mass is 398 g/mol. The van der Waals surface area contributed by atoms with Gasteiger partial charge < -0.3 is 30.2 Å². The van der Waals surface area contributed by atoms with E-state index in [2.05, 4.69) is 18.7 Å². The molecule has 0 saturated carbocycles. The maximum atomic E-state index is 9.99. The summed E-state index contributed by atoms with van der Waals surface area (Å²) in [6.07, 6.45) is -5.83. The van der Waals surface area contributed by atoms with Gasteiger partial charge in [0.1, 0.15) is 18.3 Å². The van der Waals surface area contributed by atoms with Gasteiger partial charge in [0, 0.05) is 7.11 Å². The molecule has 0 aromatic rings. The number of aliphatic hydroxyl groups is 2. The SMILES string of the molecule is COC1OC(CO)C(O)C(OSOO[O-])C1OSOO[O-].[Na+].[Na+]. The van der Waals surface area contributed by atoms with E-state index in [0.717, 1.165) is 0 Å². The van der Waals surface area contributed by atoms with E-state index in [4.69, 9.17) is 22.9 Å². The first-order valence-corrected chi connectivity index (χ1v) is 6.57. The molecule has 1 heterocycles. The second-order valence-electron chi connectivity index (χ2n) is 3.48. The van der Waals surface area contributed by atoms with E-state index in [-0.39, 0.29) is 83.8 Å². The van der Waals surface area contributed by atoms with Crippen LogP contribution in [0.3, 0.4) is 0 Å². The van der Waals surface area contributed by atoms with Gasteiger partial charge in [-0.2, -0.15) is 0 Å². The number of aliphatic hydroxyl groups excluding tert-OH is 2. The van der Waals surface area contributed by atoms with E-state index in [1.807, 2.05) is 0 Å². The molecule has 16 heteroatoms. The Morgan fingerprint density at radius 2 is 1.57 bits per heavy atom. The Kier molecular flexibility index (Phi) is 19.6. The molecule has 5 atom stereocenters. The Balaban J connectivity index is 0. The van der Waals surface area contributed by atoms with Crippen molar-refractivity contribution in [3.05, 3.63) is 0 Å². The van der Waals surface area contributed by atoms with Crippen LogP contribution in [0.25, 0.3) is 0 Å². The second-order valence-corrected chi connectivity index (χ2v) is 4.41. The molecule has 1 aliphatic rings. The normalized spacial score (nSPS) is 30.4. The summed E-state index contributed by atoms with van der Waals surface area (Å²) in [5.74, 6) is 0. The molecule has 1 aliphatic heterocycles. The maximum Gasteiger partial charge on any atom is 1.00 e. The molecule has 1 saturated heterocycles. The molecule has 0 bridgehead atoms. The third-order valence-electron chi connectivity index (χ3n) is 2.44. The second kappa shape index (κ2) is 16.4. The van der Waals surface area contributed by atoms with Crippen molar-refractivity contribution < 1.29 is 116 Å². The molecule has 0 amide bonds. The zero-order chi connectivity index (χ0) is 15.7. The van der Waals surface area contributed by atoms with Crippen molar-refractivity contribution in [2.75, 3.05) is 13.7 Å². The average molecular weight is 398 g/mol. The molecule has 0 aromatic heterocycles. The van der Waals surface area contributed by atoms with Crippen molar-refractivity contribution in [3.63, 3.8) is 0 Å². The van der Waals surface area contributed by atoms with Crippen molar-refractivity contribution >= 4 is 24.6 Å². The summed E-state index contributed by atoms with van der Waals surface area (Å²) in [5, 5.41) is 44.7. The van der Waals surface area contributed by atoms with E-state index < -0.39 is 37.3 Å². The van der Waals surface area contributed by atoms with E-state index in [0.29, 0.717) is 0 Å². The van der Waals surface area contributed by atoms with Crippen molar-refractivity contribution in [2.24, 2.45) is 0 Å². The topological polar surface area (TPSA) is 160 Å². The molecule has 0 aromatic carbocycles. The van der Waals surface area contributed by atoms with Crippen LogP contribution < -0.4 is 69.6 Å². The van der Waals surface area contributed by atoms with Crippen molar-refractivity contribution in [2.45, 2.75) is 30.7 Å². The first kappa shape index (κ1) is 27.4.